The SMILES string of the molecule is COC(CN)CC(=O)N1CCC2(C1)NC(=O)NC2=O. The lowest BCUT2D eigenvalue weighted by molar-refractivity contribution is -0.133. The lowest BCUT2D eigenvalue weighted by Crippen LogP contribution is -2.49. The second kappa shape index (κ2) is 5.14. The minimum atomic E-state index is -0.960. The molecule has 8 nitrogen and oxygen atoms in total. The molecule has 8 heteroatoms. The Hall–Kier alpha value is -1.67. The first-order chi connectivity index (χ1) is 9.00. The van der Waals surface area contributed by atoms with Gasteiger partial charge in [0, 0.05) is 20.2 Å². The van der Waals surface area contributed by atoms with Gasteiger partial charge in [-0.2, -0.15) is 0 Å². The van der Waals surface area contributed by atoms with Gasteiger partial charge in [-0.25, -0.2) is 4.79 Å². The number of amides is 4. The van der Waals surface area contributed by atoms with Gasteiger partial charge in [-0.3, -0.25) is 14.9 Å². The maximum Gasteiger partial charge on any atom is 0.322 e. The molecular formula is C11H18N4O4. The van der Waals surface area contributed by atoms with E-state index >= 15 is 0 Å². The molecule has 1 spiro atoms. The van der Waals surface area contributed by atoms with Gasteiger partial charge in [-0.05, 0) is 6.42 Å². The first kappa shape index (κ1) is 13.8. The number of carbonyl (C=O) groups is 3. The van der Waals surface area contributed by atoms with Gasteiger partial charge in [0.15, 0.2) is 0 Å². The molecule has 0 aromatic carbocycles. The van der Waals surface area contributed by atoms with Crippen LogP contribution >= 0.6 is 0 Å². The smallest absolute Gasteiger partial charge is 0.322 e. The minimum Gasteiger partial charge on any atom is -0.380 e. The third kappa shape index (κ3) is 2.54. The Bertz CT molecular complexity index is 409. The number of nitrogens with zero attached hydrogens (tertiary/aromatic N) is 1. The zero-order chi connectivity index (χ0) is 14.0. The number of nitrogens with two attached hydrogens (primary N) is 1. The lowest BCUT2D eigenvalue weighted by atomic mass is 9.99. The fourth-order valence-electron chi connectivity index (χ4n) is 2.42. The Morgan fingerprint density at radius 2 is 2.32 bits per heavy atom. The van der Waals surface area contributed by atoms with Crippen molar-refractivity contribution in [3.63, 3.8) is 0 Å². The van der Waals surface area contributed by atoms with E-state index in [1.807, 2.05) is 0 Å². The molecule has 2 unspecified atom stereocenters. The molecule has 106 valence electrons. The fourth-order valence-corrected chi connectivity index (χ4v) is 2.42. The molecule has 0 aromatic heterocycles. The molecule has 2 heterocycles. The van der Waals surface area contributed by atoms with E-state index in [0.29, 0.717) is 13.0 Å². The Kier molecular flexibility index (Phi) is 3.72. The zero-order valence-corrected chi connectivity index (χ0v) is 10.8. The number of carbonyl (C=O) groups excluding carboxylic acids is 3. The summed E-state index contributed by atoms with van der Waals surface area (Å²) in [6, 6.07) is -0.504. The standard InChI is InChI=1S/C11H18N4O4/c1-19-7(5-12)4-8(16)15-3-2-11(6-15)9(17)13-10(18)14-11/h7H,2-6,12H2,1H3,(H2,13,14,17,18). The quantitative estimate of drug-likeness (QED) is 0.519. The molecule has 2 saturated heterocycles. The Balaban J connectivity index is 1.97. The van der Waals surface area contributed by atoms with Crippen LogP contribution in [-0.2, 0) is 14.3 Å². The number of imide groups is 1. The molecule has 0 radical (unpaired) electrons. The summed E-state index contributed by atoms with van der Waals surface area (Å²) in [5, 5.41) is 4.80. The monoisotopic (exact) mass is 270 g/mol. The van der Waals surface area contributed by atoms with Gasteiger partial charge in [-0.1, -0.05) is 0 Å². The maximum absolute atomic E-state index is 12.0. The number of hydrogen-bond donors (Lipinski definition) is 3. The largest absolute Gasteiger partial charge is 0.380 e. The highest BCUT2D eigenvalue weighted by Crippen LogP contribution is 2.25. The summed E-state index contributed by atoms with van der Waals surface area (Å²) >= 11 is 0. The molecule has 0 bridgehead atoms. The lowest BCUT2D eigenvalue weighted by Gasteiger charge is -2.22. The van der Waals surface area contributed by atoms with Crippen LogP contribution in [0.4, 0.5) is 4.79 Å². The van der Waals surface area contributed by atoms with Gasteiger partial charge in [0.1, 0.15) is 5.54 Å². The highest BCUT2D eigenvalue weighted by atomic mass is 16.5. The highest BCUT2D eigenvalue weighted by Gasteiger charge is 2.51. The molecule has 2 rings (SSSR count). The maximum atomic E-state index is 12.0. The van der Waals surface area contributed by atoms with E-state index in [-0.39, 0.29) is 37.4 Å². The topological polar surface area (TPSA) is 114 Å². The highest BCUT2D eigenvalue weighted by molar-refractivity contribution is 6.07. The van der Waals surface area contributed by atoms with Crippen LogP contribution in [-0.4, -0.2) is 61.1 Å². The molecule has 2 atom stereocenters. The Morgan fingerprint density at radius 1 is 1.58 bits per heavy atom. The normalized spacial score (nSPS) is 27.6. The third-order valence-corrected chi connectivity index (χ3v) is 3.64. The van der Waals surface area contributed by atoms with E-state index < -0.39 is 11.6 Å². The van der Waals surface area contributed by atoms with Crippen molar-refractivity contribution in [3.05, 3.63) is 0 Å². The number of hydrogen-bond acceptors (Lipinski definition) is 5. The zero-order valence-electron chi connectivity index (χ0n) is 10.8. The van der Waals surface area contributed by atoms with Crippen molar-refractivity contribution >= 4 is 17.8 Å². The summed E-state index contributed by atoms with van der Waals surface area (Å²) in [7, 11) is 1.50. The van der Waals surface area contributed by atoms with Crippen LogP contribution in [0.5, 0.6) is 0 Å². The van der Waals surface area contributed by atoms with Crippen LogP contribution in [0.1, 0.15) is 12.8 Å². The Morgan fingerprint density at radius 3 is 2.84 bits per heavy atom. The van der Waals surface area contributed by atoms with Crippen molar-refractivity contribution in [1.82, 2.24) is 15.5 Å². The van der Waals surface area contributed by atoms with E-state index in [9.17, 15) is 14.4 Å². The first-order valence-corrected chi connectivity index (χ1v) is 6.15. The van der Waals surface area contributed by atoms with Gasteiger partial charge < -0.3 is 20.7 Å². The summed E-state index contributed by atoms with van der Waals surface area (Å²) < 4.78 is 5.06. The number of rotatable bonds is 4. The average molecular weight is 270 g/mol. The van der Waals surface area contributed by atoms with Crippen LogP contribution in [0.15, 0.2) is 0 Å². The second-order valence-electron chi connectivity index (χ2n) is 4.85. The average Bonchev–Trinajstić information content (AvgIpc) is 2.91. The summed E-state index contributed by atoms with van der Waals surface area (Å²) in [5.74, 6) is -0.488. The van der Waals surface area contributed by atoms with Crippen molar-refractivity contribution in [2.24, 2.45) is 5.73 Å². The van der Waals surface area contributed by atoms with E-state index in [1.165, 1.54) is 7.11 Å². The van der Waals surface area contributed by atoms with Crippen LogP contribution in [0.25, 0.3) is 0 Å². The van der Waals surface area contributed by atoms with Crippen LogP contribution in [0.2, 0.25) is 0 Å². The van der Waals surface area contributed by atoms with Gasteiger partial charge in [0.2, 0.25) is 5.91 Å². The summed E-state index contributed by atoms with van der Waals surface area (Å²) in [6.07, 6.45) is 0.283. The van der Waals surface area contributed by atoms with Gasteiger partial charge in [-0.15, -0.1) is 0 Å². The van der Waals surface area contributed by atoms with E-state index in [4.69, 9.17) is 10.5 Å². The third-order valence-electron chi connectivity index (χ3n) is 3.64. The predicted octanol–water partition coefficient (Wildman–Crippen LogP) is -1.84. The van der Waals surface area contributed by atoms with E-state index in [2.05, 4.69) is 10.6 Å². The summed E-state index contributed by atoms with van der Waals surface area (Å²) in [4.78, 5) is 36.5. The molecule has 2 aliphatic rings. The molecule has 4 amide bonds. The van der Waals surface area contributed by atoms with Gasteiger partial charge in [0.05, 0.1) is 19.1 Å². The molecule has 0 aliphatic carbocycles. The number of nitrogens with one attached hydrogen (secondary N) is 2. The van der Waals surface area contributed by atoms with Crippen LogP contribution < -0.4 is 16.4 Å². The predicted molar refractivity (Wildman–Crippen MR) is 65.1 cm³/mol. The Labute approximate surface area is 110 Å². The number of methoxy groups -OCH3 is 1. The van der Waals surface area contributed by atoms with Crippen molar-refractivity contribution in [3.8, 4) is 0 Å². The molecule has 0 aromatic rings. The number of ether oxygens (including phenoxy) is 1. The molecule has 4 N–H and O–H groups in total. The summed E-state index contributed by atoms with van der Waals surface area (Å²) in [6.45, 7) is 0.899. The molecular weight excluding hydrogens is 252 g/mol. The van der Waals surface area contributed by atoms with Crippen LogP contribution in [0.3, 0.4) is 0 Å². The minimum absolute atomic E-state index is 0.122. The summed E-state index contributed by atoms with van der Waals surface area (Å²) in [5.41, 5.74) is 4.51. The second-order valence-corrected chi connectivity index (χ2v) is 4.85. The molecule has 19 heavy (non-hydrogen) atoms. The van der Waals surface area contributed by atoms with Crippen molar-refractivity contribution in [2.75, 3.05) is 26.7 Å². The molecule has 2 aliphatic heterocycles. The first-order valence-electron chi connectivity index (χ1n) is 6.15. The van der Waals surface area contributed by atoms with Crippen molar-refractivity contribution < 1.29 is 19.1 Å². The number of urea groups is 1. The molecule has 2 fully saturated rings. The van der Waals surface area contributed by atoms with Gasteiger partial charge >= 0.3 is 6.03 Å². The van der Waals surface area contributed by atoms with Crippen LogP contribution in [0, 0.1) is 0 Å². The van der Waals surface area contributed by atoms with Crippen molar-refractivity contribution in [1.29, 1.82) is 0 Å². The molecule has 0 saturated carbocycles. The van der Waals surface area contributed by atoms with Gasteiger partial charge in [0.25, 0.3) is 5.91 Å². The van der Waals surface area contributed by atoms with Crippen molar-refractivity contribution in [2.45, 2.75) is 24.5 Å². The van der Waals surface area contributed by atoms with E-state index in [0.717, 1.165) is 0 Å². The number of likely N-dealkylation sites (tertiary alicyclic amines) is 1. The fraction of sp³-hybridized carbons (Fsp3) is 0.727. The van der Waals surface area contributed by atoms with E-state index in [1.54, 1.807) is 4.90 Å².